The van der Waals surface area contributed by atoms with E-state index in [0.29, 0.717) is 6.61 Å². The number of aliphatic hydroxyl groups excluding tert-OH is 1. The molecule has 1 aromatic rings. The fraction of sp³-hybridized carbons (Fsp3) is 0.400. The molecule has 0 saturated carbocycles. The Morgan fingerprint density at radius 3 is 2.95 bits per heavy atom. The Labute approximate surface area is 133 Å². The molecule has 1 aliphatic rings. The van der Waals surface area contributed by atoms with E-state index in [1.807, 2.05) is 18.2 Å². The Hall–Kier alpha value is -1.23. The van der Waals surface area contributed by atoms with E-state index in [4.69, 9.17) is 37.9 Å². The Balaban J connectivity index is 2.18. The molecule has 1 N–H and O–H groups in total. The van der Waals surface area contributed by atoms with Gasteiger partial charge in [0.15, 0.2) is 0 Å². The highest BCUT2D eigenvalue weighted by Gasteiger charge is 2.19. The number of rotatable bonds is 6. The first-order valence-electron chi connectivity index (χ1n) is 6.78. The molecule has 21 heavy (non-hydrogen) atoms. The summed E-state index contributed by atoms with van der Waals surface area (Å²) in [6.45, 7) is 0.485. The normalized spacial score (nSPS) is 15.5. The van der Waals surface area contributed by atoms with Gasteiger partial charge in [0, 0.05) is 11.1 Å². The van der Waals surface area contributed by atoms with Gasteiger partial charge in [-0.15, -0.1) is 0 Å². The van der Waals surface area contributed by atoms with Crippen molar-refractivity contribution in [3.05, 3.63) is 39.9 Å². The van der Waals surface area contributed by atoms with Crippen LogP contribution in [0.15, 0.2) is 33.9 Å². The Morgan fingerprint density at radius 1 is 1.33 bits per heavy atom. The highest BCUT2D eigenvalue weighted by atomic mass is 35.5. The summed E-state index contributed by atoms with van der Waals surface area (Å²) in [7, 11) is 0. The zero-order valence-electron chi connectivity index (χ0n) is 11.5. The topological polar surface area (TPSA) is 51.0 Å². The van der Waals surface area contributed by atoms with Crippen LogP contribution in [0.3, 0.4) is 0 Å². The lowest BCUT2D eigenvalue weighted by Gasteiger charge is -2.20. The molecule has 0 amide bonds. The number of halogens is 2. The van der Waals surface area contributed by atoms with Crippen molar-refractivity contribution in [2.24, 2.45) is 5.16 Å². The molecule has 0 radical (unpaired) electrons. The zero-order valence-corrected chi connectivity index (χ0v) is 13.0. The van der Waals surface area contributed by atoms with Crippen molar-refractivity contribution in [2.45, 2.75) is 19.3 Å². The third-order valence-corrected chi connectivity index (χ3v) is 3.43. The minimum absolute atomic E-state index is 0.0433. The number of oxime groups is 1. The van der Waals surface area contributed by atoms with Crippen LogP contribution in [0, 0.1) is 0 Å². The van der Waals surface area contributed by atoms with Gasteiger partial charge in [-0.2, -0.15) is 0 Å². The number of benzene rings is 1. The standard InChI is InChI=1S/C15H17Cl2NO3/c16-15(17)7-9-20-14-6-2-3-11-12(14)4-1-5-13(11)18-21-10-8-19/h2-3,6-7,19H,1,4-5,8-10H2. The van der Waals surface area contributed by atoms with Crippen LogP contribution in [-0.4, -0.2) is 30.6 Å². The number of hydrogen-bond donors (Lipinski definition) is 1. The van der Waals surface area contributed by atoms with Crippen molar-refractivity contribution >= 4 is 28.9 Å². The minimum Gasteiger partial charge on any atom is -0.489 e. The summed E-state index contributed by atoms with van der Waals surface area (Å²) in [6.07, 6.45) is 4.38. The van der Waals surface area contributed by atoms with Gasteiger partial charge >= 0.3 is 0 Å². The predicted octanol–water partition coefficient (Wildman–Crippen LogP) is 3.43. The first-order valence-corrected chi connectivity index (χ1v) is 7.54. The summed E-state index contributed by atoms with van der Waals surface area (Å²) >= 11 is 11.1. The van der Waals surface area contributed by atoms with Crippen LogP contribution < -0.4 is 4.74 Å². The lowest BCUT2D eigenvalue weighted by atomic mass is 9.89. The number of hydrogen-bond acceptors (Lipinski definition) is 4. The highest BCUT2D eigenvalue weighted by Crippen LogP contribution is 2.30. The van der Waals surface area contributed by atoms with Crippen LogP contribution in [0.1, 0.15) is 24.0 Å². The molecule has 0 bridgehead atoms. The van der Waals surface area contributed by atoms with Gasteiger partial charge in [-0.25, -0.2) is 0 Å². The molecule has 1 aromatic carbocycles. The molecule has 0 atom stereocenters. The predicted molar refractivity (Wildman–Crippen MR) is 84.2 cm³/mol. The SMILES string of the molecule is OCCON=C1CCCc2c(OCC=C(Cl)Cl)cccc21. The van der Waals surface area contributed by atoms with E-state index in [-0.39, 0.29) is 17.7 Å². The van der Waals surface area contributed by atoms with Crippen molar-refractivity contribution in [1.82, 2.24) is 0 Å². The largest absolute Gasteiger partial charge is 0.489 e. The summed E-state index contributed by atoms with van der Waals surface area (Å²) < 4.78 is 5.90. The summed E-state index contributed by atoms with van der Waals surface area (Å²) in [5.74, 6) is 0.813. The van der Waals surface area contributed by atoms with Gasteiger partial charge in [0.1, 0.15) is 23.5 Å². The average Bonchev–Trinajstić information content (AvgIpc) is 2.48. The monoisotopic (exact) mass is 329 g/mol. The van der Waals surface area contributed by atoms with Crippen molar-refractivity contribution in [1.29, 1.82) is 0 Å². The van der Waals surface area contributed by atoms with E-state index in [0.717, 1.165) is 41.9 Å². The maximum atomic E-state index is 8.74. The van der Waals surface area contributed by atoms with E-state index in [2.05, 4.69) is 5.16 Å². The van der Waals surface area contributed by atoms with Crippen molar-refractivity contribution in [3.63, 3.8) is 0 Å². The maximum absolute atomic E-state index is 8.74. The van der Waals surface area contributed by atoms with Crippen LogP contribution in [0.4, 0.5) is 0 Å². The van der Waals surface area contributed by atoms with Crippen LogP contribution in [0.2, 0.25) is 0 Å². The van der Waals surface area contributed by atoms with Gasteiger partial charge in [0.25, 0.3) is 0 Å². The first-order chi connectivity index (χ1) is 10.2. The molecule has 0 aliphatic heterocycles. The molecule has 114 valence electrons. The van der Waals surface area contributed by atoms with Crippen molar-refractivity contribution in [3.8, 4) is 5.75 Å². The molecule has 0 fully saturated rings. The Bertz CT molecular complexity index is 540. The third-order valence-electron chi connectivity index (χ3n) is 3.12. The van der Waals surface area contributed by atoms with Crippen LogP contribution in [-0.2, 0) is 11.3 Å². The number of aliphatic hydroxyl groups is 1. The Morgan fingerprint density at radius 2 is 2.19 bits per heavy atom. The molecule has 0 unspecified atom stereocenters. The van der Waals surface area contributed by atoms with E-state index in [9.17, 15) is 0 Å². The molecular weight excluding hydrogens is 313 g/mol. The van der Waals surface area contributed by atoms with E-state index in [1.165, 1.54) is 0 Å². The zero-order chi connectivity index (χ0) is 15.1. The van der Waals surface area contributed by atoms with Gasteiger partial charge in [-0.3, -0.25) is 0 Å². The van der Waals surface area contributed by atoms with Gasteiger partial charge < -0.3 is 14.7 Å². The summed E-state index contributed by atoms with van der Waals surface area (Å²) in [6, 6.07) is 5.85. The molecule has 0 heterocycles. The molecular formula is C15H17Cl2NO3. The minimum atomic E-state index is -0.0433. The van der Waals surface area contributed by atoms with E-state index < -0.39 is 0 Å². The molecule has 1 aliphatic carbocycles. The third kappa shape index (κ3) is 4.63. The number of fused-ring (bicyclic) bond motifs is 1. The molecule has 4 nitrogen and oxygen atoms in total. The average molecular weight is 330 g/mol. The lowest BCUT2D eigenvalue weighted by Crippen LogP contribution is -2.14. The Kier molecular flexibility index (Phi) is 6.36. The highest BCUT2D eigenvalue weighted by molar-refractivity contribution is 6.55. The second kappa shape index (κ2) is 8.27. The number of ether oxygens (including phenoxy) is 1. The summed E-state index contributed by atoms with van der Waals surface area (Å²) in [4.78, 5) is 5.08. The van der Waals surface area contributed by atoms with E-state index in [1.54, 1.807) is 6.08 Å². The van der Waals surface area contributed by atoms with Gasteiger partial charge in [0.05, 0.1) is 12.3 Å². The smallest absolute Gasteiger partial charge is 0.140 e. The molecule has 2 rings (SSSR count). The molecule has 0 aromatic heterocycles. The van der Waals surface area contributed by atoms with Crippen LogP contribution in [0.5, 0.6) is 5.75 Å². The molecule has 0 saturated heterocycles. The molecule has 0 spiro atoms. The first kappa shape index (κ1) is 16.1. The quantitative estimate of drug-likeness (QED) is 0.642. The lowest BCUT2D eigenvalue weighted by molar-refractivity contribution is 0.0982. The second-order valence-corrected chi connectivity index (χ2v) is 5.54. The van der Waals surface area contributed by atoms with Crippen LogP contribution in [0.25, 0.3) is 0 Å². The van der Waals surface area contributed by atoms with Crippen LogP contribution >= 0.6 is 23.2 Å². The van der Waals surface area contributed by atoms with Gasteiger partial charge in [-0.1, -0.05) is 40.5 Å². The fourth-order valence-corrected chi connectivity index (χ4v) is 2.38. The fourth-order valence-electron chi connectivity index (χ4n) is 2.25. The number of nitrogens with zero attached hydrogens (tertiary/aromatic N) is 1. The second-order valence-electron chi connectivity index (χ2n) is 4.54. The van der Waals surface area contributed by atoms with E-state index >= 15 is 0 Å². The summed E-state index contributed by atoms with van der Waals surface area (Å²) in [5.41, 5.74) is 3.05. The van der Waals surface area contributed by atoms with Gasteiger partial charge in [0.2, 0.25) is 0 Å². The van der Waals surface area contributed by atoms with Gasteiger partial charge in [-0.05, 0) is 31.4 Å². The summed E-state index contributed by atoms with van der Waals surface area (Å²) in [5, 5.41) is 12.8. The van der Waals surface area contributed by atoms with Crippen molar-refractivity contribution < 1.29 is 14.7 Å². The van der Waals surface area contributed by atoms with Crippen molar-refractivity contribution in [2.75, 3.05) is 19.8 Å². The maximum Gasteiger partial charge on any atom is 0.140 e. The molecule has 6 heteroatoms.